The predicted octanol–water partition coefficient (Wildman–Crippen LogP) is 2.01. The monoisotopic (exact) mass is 311 g/mol. The van der Waals surface area contributed by atoms with Crippen molar-refractivity contribution in [2.45, 2.75) is 45.2 Å². The summed E-state index contributed by atoms with van der Waals surface area (Å²) in [5, 5.41) is 3.72. The topological polar surface area (TPSA) is 64.0 Å². The van der Waals surface area contributed by atoms with Crippen LogP contribution in [-0.4, -0.2) is 21.5 Å². The van der Waals surface area contributed by atoms with E-state index in [-0.39, 0.29) is 18.0 Å². The second kappa shape index (κ2) is 5.48. The Balaban J connectivity index is 1.54. The number of aryl methyl sites for hydroxylation is 1. The van der Waals surface area contributed by atoms with Crippen LogP contribution in [0.5, 0.6) is 0 Å². The van der Waals surface area contributed by atoms with Crippen LogP contribution < -0.4 is 10.9 Å². The lowest BCUT2D eigenvalue weighted by molar-refractivity contribution is -0.122. The maximum absolute atomic E-state index is 12.5. The first-order chi connectivity index (χ1) is 11.1. The van der Waals surface area contributed by atoms with Crippen LogP contribution in [0, 0.1) is 18.8 Å². The third-order valence-electron chi connectivity index (χ3n) is 4.96. The minimum Gasteiger partial charge on any atom is -0.351 e. The molecule has 1 amide bonds. The molecule has 1 aromatic carbocycles. The van der Waals surface area contributed by atoms with E-state index < -0.39 is 0 Å². The van der Waals surface area contributed by atoms with Crippen molar-refractivity contribution in [1.29, 1.82) is 0 Å². The highest BCUT2D eigenvalue weighted by Crippen LogP contribution is 2.44. The number of fused-ring (bicyclic) bond motifs is 1. The maximum atomic E-state index is 12.5. The Labute approximate surface area is 134 Å². The highest BCUT2D eigenvalue weighted by Gasteiger charge is 2.42. The number of benzene rings is 1. The fourth-order valence-electron chi connectivity index (χ4n) is 3.37. The summed E-state index contributed by atoms with van der Waals surface area (Å²) < 4.78 is 1.41. The fourth-order valence-corrected chi connectivity index (χ4v) is 3.37. The number of amides is 1. The Kier molecular flexibility index (Phi) is 3.43. The average Bonchev–Trinajstić information content (AvgIpc) is 3.41. The van der Waals surface area contributed by atoms with Gasteiger partial charge in [-0.25, -0.2) is 4.98 Å². The lowest BCUT2D eigenvalue weighted by Crippen LogP contribution is -2.41. The molecule has 5 heteroatoms. The van der Waals surface area contributed by atoms with Crippen LogP contribution in [0.2, 0.25) is 0 Å². The van der Waals surface area contributed by atoms with Gasteiger partial charge < -0.3 is 5.32 Å². The molecule has 1 N–H and O–H groups in total. The lowest BCUT2D eigenvalue weighted by atomic mass is 10.1. The van der Waals surface area contributed by atoms with Gasteiger partial charge in [0.2, 0.25) is 5.91 Å². The van der Waals surface area contributed by atoms with Gasteiger partial charge in [0.05, 0.1) is 17.2 Å². The molecule has 0 unspecified atom stereocenters. The zero-order valence-electron chi connectivity index (χ0n) is 13.3. The van der Waals surface area contributed by atoms with E-state index in [2.05, 4.69) is 10.3 Å². The summed E-state index contributed by atoms with van der Waals surface area (Å²) in [5.74, 6) is 1.23. The van der Waals surface area contributed by atoms with Crippen molar-refractivity contribution in [3.05, 3.63) is 40.4 Å². The van der Waals surface area contributed by atoms with E-state index in [1.807, 2.05) is 19.1 Å². The number of para-hydroxylation sites is 1. The Morgan fingerprint density at radius 2 is 2.00 bits per heavy atom. The molecule has 2 fully saturated rings. The van der Waals surface area contributed by atoms with Gasteiger partial charge in [-0.3, -0.25) is 14.2 Å². The fraction of sp³-hybridized carbons (Fsp3) is 0.500. The first-order valence-corrected chi connectivity index (χ1v) is 8.37. The number of carbonyl (C=O) groups excluding carboxylic acids is 1. The van der Waals surface area contributed by atoms with E-state index in [0.29, 0.717) is 28.8 Å². The van der Waals surface area contributed by atoms with E-state index in [1.165, 1.54) is 36.6 Å². The molecule has 120 valence electrons. The summed E-state index contributed by atoms with van der Waals surface area (Å²) in [5.41, 5.74) is 1.53. The van der Waals surface area contributed by atoms with Crippen molar-refractivity contribution in [3.8, 4) is 0 Å². The first-order valence-electron chi connectivity index (χ1n) is 8.37. The van der Waals surface area contributed by atoms with Crippen LogP contribution in [0.3, 0.4) is 0 Å². The van der Waals surface area contributed by atoms with E-state index in [4.69, 9.17) is 0 Å². The van der Waals surface area contributed by atoms with Crippen molar-refractivity contribution < 1.29 is 4.79 Å². The molecular formula is C18H21N3O2. The highest BCUT2D eigenvalue weighted by atomic mass is 16.2. The molecular weight excluding hydrogens is 290 g/mol. The molecule has 2 aliphatic rings. The van der Waals surface area contributed by atoms with E-state index in [1.54, 1.807) is 6.07 Å². The third-order valence-corrected chi connectivity index (χ3v) is 4.96. The molecule has 4 rings (SSSR count). The minimum absolute atomic E-state index is 0.0473. The van der Waals surface area contributed by atoms with Gasteiger partial charge >= 0.3 is 0 Å². The molecule has 0 radical (unpaired) electrons. The Hall–Kier alpha value is -2.17. The molecule has 0 spiro atoms. The zero-order valence-corrected chi connectivity index (χ0v) is 13.3. The van der Waals surface area contributed by atoms with Crippen molar-refractivity contribution >= 4 is 16.8 Å². The van der Waals surface area contributed by atoms with Crippen LogP contribution >= 0.6 is 0 Å². The van der Waals surface area contributed by atoms with Crippen LogP contribution in [0.1, 0.15) is 31.2 Å². The van der Waals surface area contributed by atoms with Crippen molar-refractivity contribution in [3.63, 3.8) is 0 Å². The lowest BCUT2D eigenvalue weighted by Gasteiger charge is -2.18. The summed E-state index contributed by atoms with van der Waals surface area (Å²) in [7, 11) is 0. The molecule has 2 aromatic rings. The van der Waals surface area contributed by atoms with E-state index in [0.717, 1.165) is 5.56 Å². The molecule has 0 atom stereocenters. The normalized spacial score (nSPS) is 17.7. The van der Waals surface area contributed by atoms with Crippen LogP contribution in [-0.2, 0) is 11.3 Å². The largest absolute Gasteiger partial charge is 0.351 e. The Bertz CT molecular complexity index is 807. The molecule has 0 saturated heterocycles. The number of carbonyl (C=O) groups is 1. The maximum Gasteiger partial charge on any atom is 0.261 e. The van der Waals surface area contributed by atoms with Gasteiger partial charge in [0.25, 0.3) is 5.56 Å². The van der Waals surface area contributed by atoms with Gasteiger partial charge in [0, 0.05) is 6.04 Å². The molecule has 2 saturated carbocycles. The van der Waals surface area contributed by atoms with Gasteiger partial charge in [0.15, 0.2) is 0 Å². The number of aromatic nitrogens is 2. The number of nitrogens with one attached hydrogen (secondary N) is 1. The predicted molar refractivity (Wildman–Crippen MR) is 88.1 cm³/mol. The zero-order chi connectivity index (χ0) is 16.0. The van der Waals surface area contributed by atoms with Gasteiger partial charge in [-0.15, -0.1) is 0 Å². The number of hydrogen-bond donors (Lipinski definition) is 1. The molecule has 0 aliphatic heterocycles. The standard InChI is InChI=1S/C18H21N3O2/c1-11-3-2-4-14-16(11)19-10-21(18(14)23)9-15(22)20-17(12-5-6-12)13-7-8-13/h2-4,10,12-13,17H,5-9H2,1H3,(H,20,22). The van der Waals surface area contributed by atoms with Gasteiger partial charge in [-0.1, -0.05) is 12.1 Å². The summed E-state index contributed by atoms with van der Waals surface area (Å²) in [4.78, 5) is 29.2. The van der Waals surface area contributed by atoms with Crippen LogP contribution in [0.4, 0.5) is 0 Å². The van der Waals surface area contributed by atoms with E-state index >= 15 is 0 Å². The van der Waals surface area contributed by atoms with Crippen molar-refractivity contribution in [2.24, 2.45) is 11.8 Å². The number of nitrogens with zero attached hydrogens (tertiary/aromatic N) is 2. The van der Waals surface area contributed by atoms with Crippen LogP contribution in [0.15, 0.2) is 29.3 Å². The van der Waals surface area contributed by atoms with Gasteiger partial charge in [-0.2, -0.15) is 0 Å². The summed E-state index contributed by atoms with van der Waals surface area (Å²) in [6, 6.07) is 5.86. The molecule has 5 nitrogen and oxygen atoms in total. The first kappa shape index (κ1) is 14.4. The van der Waals surface area contributed by atoms with Gasteiger partial charge in [0.1, 0.15) is 6.54 Å². The van der Waals surface area contributed by atoms with E-state index in [9.17, 15) is 9.59 Å². The molecule has 23 heavy (non-hydrogen) atoms. The van der Waals surface area contributed by atoms with Crippen LogP contribution in [0.25, 0.3) is 10.9 Å². The van der Waals surface area contributed by atoms with Gasteiger partial charge in [-0.05, 0) is 56.1 Å². The quantitative estimate of drug-likeness (QED) is 0.918. The molecule has 1 heterocycles. The SMILES string of the molecule is Cc1cccc2c(=O)n(CC(=O)NC(C3CC3)C3CC3)cnc12. The second-order valence-electron chi connectivity index (χ2n) is 6.92. The number of hydrogen-bond acceptors (Lipinski definition) is 3. The smallest absolute Gasteiger partial charge is 0.261 e. The van der Waals surface area contributed by atoms with Crippen molar-refractivity contribution in [2.75, 3.05) is 0 Å². The number of rotatable bonds is 5. The minimum atomic E-state index is -0.150. The third kappa shape index (κ3) is 2.87. The molecule has 2 aliphatic carbocycles. The Morgan fingerprint density at radius 3 is 2.65 bits per heavy atom. The average molecular weight is 311 g/mol. The second-order valence-corrected chi connectivity index (χ2v) is 6.92. The molecule has 1 aromatic heterocycles. The van der Waals surface area contributed by atoms with Crippen molar-refractivity contribution in [1.82, 2.24) is 14.9 Å². The summed E-state index contributed by atoms with van der Waals surface area (Å²) in [6.45, 7) is 1.98. The summed E-state index contributed by atoms with van der Waals surface area (Å²) >= 11 is 0. The summed E-state index contributed by atoms with van der Waals surface area (Å²) in [6.07, 6.45) is 6.37. The molecule has 0 bridgehead atoms. The highest BCUT2D eigenvalue weighted by molar-refractivity contribution is 5.81. The Morgan fingerprint density at radius 1 is 1.30 bits per heavy atom.